The molecule has 10 heteroatoms. The van der Waals surface area contributed by atoms with Crippen LogP contribution in [0.3, 0.4) is 0 Å². The molecule has 198 valence electrons. The van der Waals surface area contributed by atoms with Crippen LogP contribution in [-0.4, -0.2) is 54.9 Å². The summed E-state index contributed by atoms with van der Waals surface area (Å²) in [7, 11) is 0. The Bertz CT molecular complexity index is 1420. The molecule has 3 heterocycles. The van der Waals surface area contributed by atoms with E-state index in [1.165, 1.54) is 4.57 Å². The zero-order valence-corrected chi connectivity index (χ0v) is 22.4. The second-order valence-electron chi connectivity index (χ2n) is 9.15. The van der Waals surface area contributed by atoms with Crippen molar-refractivity contribution < 1.29 is 5.11 Å². The number of benzene rings is 1. The minimum Gasteiger partial charge on any atom is -0.399 e. The largest absolute Gasteiger partial charge is 0.399 e. The maximum absolute atomic E-state index is 13.7. The monoisotopic (exact) mass is 524 g/mol. The van der Waals surface area contributed by atoms with E-state index in [0.29, 0.717) is 68.8 Å². The minimum absolute atomic E-state index is 0.0779. The highest BCUT2D eigenvalue weighted by atomic mass is 32.1. The minimum atomic E-state index is -0.322. The average molecular weight is 525 g/mol. The van der Waals surface area contributed by atoms with Gasteiger partial charge in [-0.25, -0.2) is 9.78 Å². The van der Waals surface area contributed by atoms with E-state index in [1.54, 1.807) is 15.9 Å². The van der Waals surface area contributed by atoms with Crippen molar-refractivity contribution >= 4 is 28.2 Å². The van der Waals surface area contributed by atoms with Crippen LogP contribution in [0.15, 0.2) is 51.4 Å². The number of fused-ring (bicyclic) bond motifs is 1. The van der Waals surface area contributed by atoms with Crippen LogP contribution < -0.4 is 17.0 Å². The summed E-state index contributed by atoms with van der Waals surface area (Å²) in [4.78, 5) is 35.4. The molecule has 0 radical (unpaired) electrons. The second-order valence-corrected chi connectivity index (χ2v) is 10.2. The summed E-state index contributed by atoms with van der Waals surface area (Å²) in [5, 5.41) is 11.5. The topological polar surface area (TPSA) is 111 Å². The van der Waals surface area contributed by atoms with Gasteiger partial charge in [0.1, 0.15) is 5.82 Å². The summed E-state index contributed by atoms with van der Waals surface area (Å²) in [6.07, 6.45) is 1.87. The lowest BCUT2D eigenvalue weighted by Gasteiger charge is -2.20. The van der Waals surface area contributed by atoms with Crippen molar-refractivity contribution in [3.8, 4) is 0 Å². The van der Waals surface area contributed by atoms with E-state index in [-0.39, 0.29) is 17.9 Å². The quantitative estimate of drug-likeness (QED) is 0.260. The second kappa shape index (κ2) is 12.4. The molecule has 4 rings (SSSR count). The maximum Gasteiger partial charge on any atom is 0.332 e. The Hall–Kier alpha value is -3.21. The molecule has 0 amide bonds. The molecular formula is C27H36N6O3S. The normalized spacial score (nSPS) is 11.7. The summed E-state index contributed by atoms with van der Waals surface area (Å²) in [6, 6.07) is 11.7. The van der Waals surface area contributed by atoms with Crippen LogP contribution in [0.2, 0.25) is 0 Å². The number of aryl methyl sites for hydroxylation is 2. The molecular weight excluding hydrogens is 488 g/mol. The Balaban J connectivity index is 1.84. The fourth-order valence-electron chi connectivity index (χ4n) is 4.64. The fraction of sp³-hybridized carbons (Fsp3) is 0.444. The SMILES string of the molecule is CCCn1c(=O)c2c(nc(Cc3cccs3)n2CCN(CC)CCO)n(CCc2ccc(N)cc2)c1=O. The van der Waals surface area contributed by atoms with Gasteiger partial charge in [0.05, 0.1) is 6.61 Å². The van der Waals surface area contributed by atoms with Crippen molar-refractivity contribution in [2.24, 2.45) is 0 Å². The van der Waals surface area contributed by atoms with Crippen LogP contribution in [0.4, 0.5) is 5.69 Å². The average Bonchev–Trinajstić information content (AvgIpc) is 3.53. The standard InChI is InChI=1S/C27H36N6O3S/c1-3-12-33-26(35)24-25(32(27(33)36)13-11-20-7-9-21(28)10-8-20)29-23(19-22-6-5-18-37-22)31(24)15-14-30(4-2)16-17-34/h5-10,18,34H,3-4,11-17,19,28H2,1-2H3. The third-order valence-corrected chi connectivity index (χ3v) is 7.54. The van der Waals surface area contributed by atoms with Gasteiger partial charge < -0.3 is 15.4 Å². The van der Waals surface area contributed by atoms with Gasteiger partial charge in [-0.1, -0.05) is 32.0 Å². The molecule has 0 saturated heterocycles. The number of hydrogen-bond donors (Lipinski definition) is 2. The number of hydrogen-bond acceptors (Lipinski definition) is 7. The molecule has 0 spiro atoms. The van der Waals surface area contributed by atoms with Crippen LogP contribution in [0, 0.1) is 0 Å². The van der Waals surface area contributed by atoms with E-state index < -0.39 is 0 Å². The zero-order valence-electron chi connectivity index (χ0n) is 21.6. The van der Waals surface area contributed by atoms with Gasteiger partial charge in [-0.3, -0.25) is 18.8 Å². The molecule has 0 aliphatic rings. The molecule has 3 N–H and O–H groups in total. The molecule has 9 nitrogen and oxygen atoms in total. The lowest BCUT2D eigenvalue weighted by atomic mass is 10.1. The van der Waals surface area contributed by atoms with Gasteiger partial charge in [-0.2, -0.15) is 0 Å². The third-order valence-electron chi connectivity index (χ3n) is 6.66. The van der Waals surface area contributed by atoms with E-state index in [1.807, 2.05) is 47.2 Å². The molecule has 4 aromatic rings. The van der Waals surface area contributed by atoms with Gasteiger partial charge >= 0.3 is 5.69 Å². The highest BCUT2D eigenvalue weighted by Gasteiger charge is 2.22. The van der Waals surface area contributed by atoms with Crippen molar-refractivity contribution in [2.45, 2.75) is 52.7 Å². The number of imidazole rings is 1. The number of nitrogens with two attached hydrogens (primary N) is 1. The van der Waals surface area contributed by atoms with E-state index >= 15 is 0 Å². The first-order chi connectivity index (χ1) is 18.0. The number of aromatic nitrogens is 4. The van der Waals surface area contributed by atoms with Gasteiger partial charge in [-0.05, 0) is 48.5 Å². The van der Waals surface area contributed by atoms with Crippen molar-refractivity contribution in [3.05, 3.63) is 78.9 Å². The van der Waals surface area contributed by atoms with E-state index in [2.05, 4.69) is 17.9 Å². The first-order valence-corrected chi connectivity index (χ1v) is 13.8. The number of anilines is 1. The molecule has 1 aromatic carbocycles. The zero-order chi connectivity index (χ0) is 26.4. The molecule has 0 fully saturated rings. The van der Waals surface area contributed by atoms with Gasteiger partial charge in [0.2, 0.25) is 0 Å². The van der Waals surface area contributed by atoms with E-state index in [4.69, 9.17) is 10.7 Å². The Labute approximate surface area is 220 Å². The van der Waals surface area contributed by atoms with Gasteiger partial charge in [-0.15, -0.1) is 11.3 Å². The number of nitrogen functional groups attached to an aromatic ring is 1. The predicted molar refractivity (Wildman–Crippen MR) is 149 cm³/mol. The molecule has 0 saturated carbocycles. The molecule has 3 aromatic heterocycles. The third kappa shape index (κ3) is 6.03. The molecule has 0 atom stereocenters. The van der Waals surface area contributed by atoms with Crippen LogP contribution in [0.5, 0.6) is 0 Å². The lowest BCUT2D eigenvalue weighted by Crippen LogP contribution is -2.41. The number of nitrogens with zero attached hydrogens (tertiary/aromatic N) is 5. The first kappa shape index (κ1) is 26.8. The first-order valence-electron chi connectivity index (χ1n) is 12.9. The van der Waals surface area contributed by atoms with Crippen molar-refractivity contribution in [2.75, 3.05) is 32.0 Å². The van der Waals surface area contributed by atoms with Crippen LogP contribution in [0.25, 0.3) is 11.2 Å². The number of aliphatic hydroxyl groups is 1. The summed E-state index contributed by atoms with van der Waals surface area (Å²) in [5.74, 6) is 0.768. The van der Waals surface area contributed by atoms with Gasteiger partial charge in [0.25, 0.3) is 5.56 Å². The predicted octanol–water partition coefficient (Wildman–Crippen LogP) is 2.56. The van der Waals surface area contributed by atoms with Gasteiger partial charge in [0, 0.05) is 49.7 Å². The lowest BCUT2D eigenvalue weighted by molar-refractivity contribution is 0.197. The molecule has 37 heavy (non-hydrogen) atoms. The summed E-state index contributed by atoms with van der Waals surface area (Å²) in [6.45, 7) is 7.42. The van der Waals surface area contributed by atoms with Crippen LogP contribution >= 0.6 is 11.3 Å². The summed E-state index contributed by atoms with van der Waals surface area (Å²) < 4.78 is 4.99. The maximum atomic E-state index is 13.7. The van der Waals surface area contributed by atoms with Gasteiger partial charge in [0.15, 0.2) is 11.2 Å². The van der Waals surface area contributed by atoms with E-state index in [9.17, 15) is 14.7 Å². The van der Waals surface area contributed by atoms with Crippen LogP contribution in [0.1, 0.15) is 36.5 Å². The Kier molecular flexibility index (Phi) is 8.96. The van der Waals surface area contributed by atoms with E-state index in [0.717, 1.165) is 22.8 Å². The smallest absolute Gasteiger partial charge is 0.332 e. The Morgan fingerprint density at radius 3 is 2.43 bits per heavy atom. The highest BCUT2D eigenvalue weighted by Crippen LogP contribution is 2.19. The summed E-state index contributed by atoms with van der Waals surface area (Å²) >= 11 is 1.65. The number of likely N-dealkylation sites (N-methyl/N-ethyl adjacent to an activating group) is 1. The molecule has 0 bridgehead atoms. The van der Waals surface area contributed by atoms with Crippen molar-refractivity contribution in [1.82, 2.24) is 23.6 Å². The number of aliphatic hydroxyl groups excluding tert-OH is 1. The van der Waals surface area contributed by atoms with Crippen molar-refractivity contribution in [3.63, 3.8) is 0 Å². The molecule has 0 aliphatic carbocycles. The van der Waals surface area contributed by atoms with Crippen LogP contribution in [-0.2, 0) is 32.5 Å². The number of rotatable bonds is 13. The Morgan fingerprint density at radius 1 is 1.00 bits per heavy atom. The summed E-state index contributed by atoms with van der Waals surface area (Å²) in [5.41, 5.74) is 7.88. The fourth-order valence-corrected chi connectivity index (χ4v) is 5.34. The Morgan fingerprint density at radius 2 is 1.78 bits per heavy atom. The van der Waals surface area contributed by atoms with Crippen molar-refractivity contribution in [1.29, 1.82) is 0 Å². The molecule has 0 unspecified atom stereocenters. The molecule has 0 aliphatic heterocycles. The number of thiophene rings is 1. The highest BCUT2D eigenvalue weighted by molar-refractivity contribution is 7.09.